The molecular weight excluding hydrogens is 178 g/mol. The van der Waals surface area contributed by atoms with Crippen molar-refractivity contribution in [3.05, 3.63) is 0 Å². The third kappa shape index (κ3) is 5.97. The van der Waals surface area contributed by atoms with Gasteiger partial charge >= 0.3 is 0 Å². The highest BCUT2D eigenvalue weighted by molar-refractivity contribution is 5.76. The molecule has 1 N–H and O–H groups in total. The van der Waals surface area contributed by atoms with Crippen LogP contribution in [0.25, 0.3) is 0 Å². The first kappa shape index (κ1) is 13.4. The lowest BCUT2D eigenvalue weighted by atomic mass is 10.2. The molecule has 3 nitrogen and oxygen atoms in total. The fourth-order valence-electron chi connectivity index (χ4n) is 1.41. The summed E-state index contributed by atoms with van der Waals surface area (Å²) in [5.41, 5.74) is 0. The number of nitrogens with zero attached hydrogens (tertiary/aromatic N) is 1. The molecule has 0 aliphatic carbocycles. The summed E-state index contributed by atoms with van der Waals surface area (Å²) in [6.45, 7) is 5.50. The molecule has 0 saturated carbocycles. The Hall–Kier alpha value is -0.570. The van der Waals surface area contributed by atoms with Gasteiger partial charge in [0.1, 0.15) is 0 Å². The molecule has 14 heavy (non-hydrogen) atoms. The van der Waals surface area contributed by atoms with Gasteiger partial charge < -0.3 is 10.0 Å². The normalized spacial score (nSPS) is 10.2. The lowest BCUT2D eigenvalue weighted by molar-refractivity contribution is -0.131. The fraction of sp³-hybridized carbons (Fsp3) is 0.909. The Kier molecular flexibility index (Phi) is 8.64. The van der Waals surface area contributed by atoms with E-state index in [0.717, 1.165) is 32.2 Å². The number of aliphatic hydroxyl groups is 1. The Labute approximate surface area is 87.1 Å². The van der Waals surface area contributed by atoms with Crippen molar-refractivity contribution in [2.75, 3.05) is 19.7 Å². The zero-order valence-corrected chi connectivity index (χ0v) is 9.46. The summed E-state index contributed by atoms with van der Waals surface area (Å²) in [6.07, 6.45) is 4.85. The van der Waals surface area contributed by atoms with E-state index in [1.54, 1.807) is 4.90 Å². The van der Waals surface area contributed by atoms with Gasteiger partial charge in [-0.25, -0.2) is 0 Å². The highest BCUT2D eigenvalue weighted by Crippen LogP contribution is 2.02. The van der Waals surface area contributed by atoms with Crippen LogP contribution in [0.1, 0.15) is 46.0 Å². The molecule has 0 aromatic carbocycles. The Morgan fingerprint density at radius 2 is 1.86 bits per heavy atom. The second kappa shape index (κ2) is 9.00. The van der Waals surface area contributed by atoms with Gasteiger partial charge in [-0.05, 0) is 12.8 Å². The van der Waals surface area contributed by atoms with E-state index in [0.29, 0.717) is 13.0 Å². The van der Waals surface area contributed by atoms with Crippen LogP contribution in [-0.4, -0.2) is 35.6 Å². The summed E-state index contributed by atoms with van der Waals surface area (Å²) in [5, 5.41) is 8.82. The smallest absolute Gasteiger partial charge is 0.222 e. The van der Waals surface area contributed by atoms with Crippen LogP contribution in [0.5, 0.6) is 0 Å². The zero-order chi connectivity index (χ0) is 10.8. The largest absolute Gasteiger partial charge is 0.395 e. The summed E-state index contributed by atoms with van der Waals surface area (Å²) < 4.78 is 0. The summed E-state index contributed by atoms with van der Waals surface area (Å²) in [4.78, 5) is 13.3. The van der Waals surface area contributed by atoms with Crippen LogP contribution in [0.4, 0.5) is 0 Å². The Bertz CT molecular complexity index is 148. The maximum Gasteiger partial charge on any atom is 0.222 e. The Balaban J connectivity index is 3.81. The van der Waals surface area contributed by atoms with Crippen molar-refractivity contribution in [1.82, 2.24) is 4.90 Å². The van der Waals surface area contributed by atoms with Crippen LogP contribution in [0.2, 0.25) is 0 Å². The molecule has 84 valence electrons. The molecule has 3 heteroatoms. The number of hydrogen-bond acceptors (Lipinski definition) is 2. The van der Waals surface area contributed by atoms with E-state index < -0.39 is 0 Å². The molecule has 0 heterocycles. The monoisotopic (exact) mass is 201 g/mol. The maximum absolute atomic E-state index is 11.5. The topological polar surface area (TPSA) is 40.5 Å². The van der Waals surface area contributed by atoms with Gasteiger partial charge in [0.2, 0.25) is 5.91 Å². The van der Waals surface area contributed by atoms with Crippen molar-refractivity contribution in [2.45, 2.75) is 46.0 Å². The van der Waals surface area contributed by atoms with E-state index in [1.807, 2.05) is 6.92 Å². The standard InChI is InChI=1S/C11H23NO2/c1-3-5-6-8-12(9-10-13)11(14)7-4-2/h13H,3-10H2,1-2H3. The Morgan fingerprint density at radius 1 is 1.14 bits per heavy atom. The molecule has 0 unspecified atom stereocenters. The average molecular weight is 201 g/mol. The molecule has 0 atom stereocenters. The van der Waals surface area contributed by atoms with Crippen molar-refractivity contribution >= 4 is 5.91 Å². The van der Waals surface area contributed by atoms with Crippen molar-refractivity contribution in [3.8, 4) is 0 Å². The predicted octanol–water partition coefficient (Wildman–Crippen LogP) is 1.80. The van der Waals surface area contributed by atoms with Gasteiger partial charge in [-0.3, -0.25) is 4.79 Å². The predicted molar refractivity (Wildman–Crippen MR) is 58.1 cm³/mol. The first-order valence-electron chi connectivity index (χ1n) is 5.64. The molecule has 0 fully saturated rings. The van der Waals surface area contributed by atoms with E-state index in [9.17, 15) is 4.79 Å². The van der Waals surface area contributed by atoms with Crippen molar-refractivity contribution in [3.63, 3.8) is 0 Å². The van der Waals surface area contributed by atoms with Crippen molar-refractivity contribution in [1.29, 1.82) is 0 Å². The van der Waals surface area contributed by atoms with Crippen molar-refractivity contribution in [2.24, 2.45) is 0 Å². The summed E-state index contributed by atoms with van der Waals surface area (Å²) in [6, 6.07) is 0. The van der Waals surface area contributed by atoms with Crippen LogP contribution in [-0.2, 0) is 4.79 Å². The zero-order valence-electron chi connectivity index (χ0n) is 9.46. The van der Waals surface area contributed by atoms with E-state index in [2.05, 4.69) is 6.92 Å². The minimum atomic E-state index is 0.0710. The average Bonchev–Trinajstić information content (AvgIpc) is 2.17. The second-order valence-electron chi connectivity index (χ2n) is 3.56. The van der Waals surface area contributed by atoms with Crippen LogP contribution in [0, 0.1) is 0 Å². The van der Waals surface area contributed by atoms with Crippen LogP contribution in [0.15, 0.2) is 0 Å². The highest BCUT2D eigenvalue weighted by atomic mass is 16.3. The SMILES string of the molecule is CCCCCN(CCO)C(=O)CCC. The number of hydrogen-bond donors (Lipinski definition) is 1. The van der Waals surface area contributed by atoms with Gasteiger partial charge in [-0.1, -0.05) is 26.7 Å². The molecule has 1 amide bonds. The van der Waals surface area contributed by atoms with E-state index >= 15 is 0 Å². The summed E-state index contributed by atoms with van der Waals surface area (Å²) in [7, 11) is 0. The van der Waals surface area contributed by atoms with Crippen molar-refractivity contribution < 1.29 is 9.90 Å². The molecule has 0 aromatic rings. The number of rotatable bonds is 8. The number of amides is 1. The molecule has 0 bridgehead atoms. The van der Waals surface area contributed by atoms with Gasteiger partial charge in [0.05, 0.1) is 6.61 Å². The Morgan fingerprint density at radius 3 is 2.36 bits per heavy atom. The van der Waals surface area contributed by atoms with Gasteiger partial charge in [0, 0.05) is 19.5 Å². The molecule has 0 rings (SSSR count). The molecule has 0 aromatic heterocycles. The van der Waals surface area contributed by atoms with Gasteiger partial charge in [0.25, 0.3) is 0 Å². The van der Waals surface area contributed by atoms with Gasteiger partial charge in [0.15, 0.2) is 0 Å². The third-order valence-corrected chi connectivity index (χ3v) is 2.22. The molecule has 0 radical (unpaired) electrons. The fourth-order valence-corrected chi connectivity index (χ4v) is 1.41. The molecule has 0 aliphatic rings. The first-order valence-corrected chi connectivity index (χ1v) is 5.64. The third-order valence-electron chi connectivity index (χ3n) is 2.22. The summed E-state index contributed by atoms with van der Waals surface area (Å²) >= 11 is 0. The molecular formula is C11H23NO2. The van der Waals surface area contributed by atoms with E-state index in [1.165, 1.54) is 0 Å². The molecule has 0 aliphatic heterocycles. The molecule has 0 spiro atoms. The lowest BCUT2D eigenvalue weighted by Crippen LogP contribution is -2.34. The number of aliphatic hydroxyl groups excluding tert-OH is 1. The number of unbranched alkanes of at least 4 members (excludes halogenated alkanes) is 2. The van der Waals surface area contributed by atoms with E-state index in [-0.39, 0.29) is 12.5 Å². The maximum atomic E-state index is 11.5. The minimum absolute atomic E-state index is 0.0710. The second-order valence-corrected chi connectivity index (χ2v) is 3.56. The van der Waals surface area contributed by atoms with Crippen LogP contribution >= 0.6 is 0 Å². The van der Waals surface area contributed by atoms with Crippen LogP contribution < -0.4 is 0 Å². The quantitative estimate of drug-likeness (QED) is 0.608. The van der Waals surface area contributed by atoms with Crippen LogP contribution in [0.3, 0.4) is 0 Å². The lowest BCUT2D eigenvalue weighted by Gasteiger charge is -2.21. The highest BCUT2D eigenvalue weighted by Gasteiger charge is 2.10. The first-order chi connectivity index (χ1) is 6.76. The number of carbonyl (C=O) groups excluding carboxylic acids is 1. The van der Waals surface area contributed by atoms with Gasteiger partial charge in [-0.2, -0.15) is 0 Å². The summed E-state index contributed by atoms with van der Waals surface area (Å²) in [5.74, 6) is 0.178. The van der Waals surface area contributed by atoms with Gasteiger partial charge in [-0.15, -0.1) is 0 Å². The molecule has 0 saturated heterocycles. The minimum Gasteiger partial charge on any atom is -0.395 e. The number of carbonyl (C=O) groups is 1. The van der Waals surface area contributed by atoms with E-state index in [4.69, 9.17) is 5.11 Å².